The van der Waals surface area contributed by atoms with Crippen molar-refractivity contribution in [2.24, 2.45) is 0 Å². The molecule has 1 saturated heterocycles. The number of nitrogens with one attached hydrogen (secondary N) is 1. The van der Waals surface area contributed by atoms with Crippen LogP contribution in [0.3, 0.4) is 0 Å². The second-order valence-corrected chi connectivity index (χ2v) is 7.10. The fourth-order valence-corrected chi connectivity index (χ4v) is 5.03. The van der Waals surface area contributed by atoms with Crippen molar-refractivity contribution in [3.8, 4) is 0 Å². The van der Waals surface area contributed by atoms with Crippen molar-refractivity contribution in [1.82, 2.24) is 10.2 Å². The Bertz CT molecular complexity index is 452. The number of halogens is 1. The lowest BCUT2D eigenvalue weighted by molar-refractivity contribution is -0.133. The fourth-order valence-electron chi connectivity index (χ4n) is 2.67. The number of hydrogen-bond donors (Lipinski definition) is 1. The van der Waals surface area contributed by atoms with Crippen molar-refractivity contribution in [3.05, 3.63) is 21.9 Å². The predicted octanol–water partition coefficient (Wildman–Crippen LogP) is 2.32. The molecular formula is C13H19ClN2OS2. The normalized spacial score (nSPS) is 26.5. The summed E-state index contributed by atoms with van der Waals surface area (Å²) in [4.78, 5) is 16.2. The van der Waals surface area contributed by atoms with Gasteiger partial charge in [-0.3, -0.25) is 4.79 Å². The van der Waals surface area contributed by atoms with Crippen LogP contribution in [0.1, 0.15) is 22.6 Å². The first kappa shape index (κ1) is 15.2. The smallest absolute Gasteiger partial charge is 0.240 e. The van der Waals surface area contributed by atoms with Gasteiger partial charge in [0.25, 0.3) is 0 Å². The average molecular weight is 319 g/mol. The van der Waals surface area contributed by atoms with Gasteiger partial charge in [0.1, 0.15) is 5.25 Å². The Kier molecular flexibility index (Phi) is 5.17. The van der Waals surface area contributed by atoms with Crippen LogP contribution in [0.5, 0.6) is 0 Å². The molecule has 0 saturated carbocycles. The summed E-state index contributed by atoms with van der Waals surface area (Å²) >= 11 is 3.61. The highest BCUT2D eigenvalue weighted by Gasteiger charge is 2.33. The van der Waals surface area contributed by atoms with Gasteiger partial charge in [-0.1, -0.05) is 0 Å². The maximum atomic E-state index is 12.7. The van der Waals surface area contributed by atoms with Gasteiger partial charge in [-0.15, -0.1) is 35.5 Å². The van der Waals surface area contributed by atoms with Gasteiger partial charge in [-0.25, -0.2) is 0 Å². The van der Waals surface area contributed by atoms with E-state index in [4.69, 9.17) is 0 Å². The van der Waals surface area contributed by atoms with E-state index in [1.54, 1.807) is 11.3 Å². The third-order valence-corrected chi connectivity index (χ3v) is 5.91. The number of hydrogen-bond acceptors (Lipinski definition) is 4. The Hall–Kier alpha value is -0.230. The Labute approximate surface area is 128 Å². The van der Waals surface area contributed by atoms with Crippen LogP contribution in [0.15, 0.2) is 11.4 Å². The van der Waals surface area contributed by atoms with Crippen molar-refractivity contribution in [1.29, 1.82) is 0 Å². The second kappa shape index (κ2) is 6.48. The first-order valence-electron chi connectivity index (χ1n) is 6.46. The molecule has 1 amide bonds. The van der Waals surface area contributed by atoms with Crippen molar-refractivity contribution in [2.75, 3.05) is 25.4 Å². The highest BCUT2D eigenvalue weighted by molar-refractivity contribution is 8.00. The molecule has 1 unspecified atom stereocenters. The number of thioether (sulfide) groups is 1. The lowest BCUT2D eigenvalue weighted by atomic mass is 10.1. The summed E-state index contributed by atoms with van der Waals surface area (Å²) in [6.45, 7) is 4.81. The molecule has 19 heavy (non-hydrogen) atoms. The van der Waals surface area contributed by atoms with Gasteiger partial charge in [-0.2, -0.15) is 0 Å². The first-order valence-corrected chi connectivity index (χ1v) is 8.39. The Morgan fingerprint density at radius 3 is 3.16 bits per heavy atom. The molecule has 2 atom stereocenters. The molecule has 1 aromatic rings. The number of carbonyl (C=O) groups excluding carboxylic acids is 1. The number of thiophene rings is 1. The van der Waals surface area contributed by atoms with Crippen molar-refractivity contribution in [2.45, 2.75) is 24.6 Å². The molecule has 0 radical (unpaired) electrons. The average Bonchev–Trinajstić information content (AvgIpc) is 2.86. The molecule has 1 fully saturated rings. The molecule has 1 aromatic heterocycles. The van der Waals surface area contributed by atoms with Gasteiger partial charge in [0.05, 0.1) is 0 Å². The standard InChI is InChI=1S/C13H18N2OS2.ClH/c1-9-8-14-4-5-15(9)13(16)12-10-2-6-17-11(10)3-7-18-12;/h2,6,9,12,14H,3-5,7-8H2,1H3;1H/t9-,12?;/m0./s1. The summed E-state index contributed by atoms with van der Waals surface area (Å²) < 4.78 is 0. The fraction of sp³-hybridized carbons (Fsp3) is 0.615. The third-order valence-electron chi connectivity index (χ3n) is 3.68. The SMILES string of the molecule is C[C@H]1CNCCN1C(=O)C1SCCc2sccc21.Cl. The van der Waals surface area contributed by atoms with Crippen molar-refractivity contribution >= 4 is 41.4 Å². The third kappa shape index (κ3) is 2.94. The number of piperazine rings is 1. The van der Waals surface area contributed by atoms with Crippen LogP contribution in [-0.4, -0.2) is 42.2 Å². The van der Waals surface area contributed by atoms with Gasteiger partial charge < -0.3 is 10.2 Å². The maximum absolute atomic E-state index is 12.7. The Balaban J connectivity index is 0.00000133. The van der Waals surface area contributed by atoms with Crippen LogP contribution < -0.4 is 5.32 Å². The van der Waals surface area contributed by atoms with Gasteiger partial charge in [0.2, 0.25) is 5.91 Å². The van der Waals surface area contributed by atoms with E-state index < -0.39 is 0 Å². The van der Waals surface area contributed by atoms with Crippen molar-refractivity contribution < 1.29 is 4.79 Å². The van der Waals surface area contributed by atoms with Crippen LogP contribution in [0.25, 0.3) is 0 Å². The van der Waals surface area contributed by atoms with E-state index in [2.05, 4.69) is 28.6 Å². The predicted molar refractivity (Wildman–Crippen MR) is 84.5 cm³/mol. The molecule has 0 spiro atoms. The van der Waals surface area contributed by atoms with Crippen LogP contribution in [0.2, 0.25) is 0 Å². The Morgan fingerprint density at radius 1 is 1.53 bits per heavy atom. The lowest BCUT2D eigenvalue weighted by Crippen LogP contribution is -2.53. The molecule has 3 rings (SSSR count). The van der Waals surface area contributed by atoms with Gasteiger partial charge >= 0.3 is 0 Å². The summed E-state index contributed by atoms with van der Waals surface area (Å²) in [7, 11) is 0. The van der Waals surface area contributed by atoms with E-state index in [9.17, 15) is 4.79 Å². The summed E-state index contributed by atoms with van der Waals surface area (Å²) in [5.41, 5.74) is 1.27. The van der Waals surface area contributed by atoms with E-state index in [1.165, 1.54) is 10.4 Å². The Morgan fingerprint density at radius 2 is 2.37 bits per heavy atom. The molecule has 3 heterocycles. The summed E-state index contributed by atoms with van der Waals surface area (Å²) in [6.07, 6.45) is 1.12. The van der Waals surface area contributed by atoms with Crippen LogP contribution in [0.4, 0.5) is 0 Å². The number of carbonyl (C=O) groups is 1. The van der Waals surface area contributed by atoms with Gasteiger partial charge in [-0.05, 0) is 36.1 Å². The van der Waals surface area contributed by atoms with Gasteiger partial charge in [0.15, 0.2) is 0 Å². The molecule has 2 aliphatic heterocycles. The molecule has 2 aliphatic rings. The molecule has 0 bridgehead atoms. The molecule has 106 valence electrons. The van der Waals surface area contributed by atoms with Crippen LogP contribution >= 0.6 is 35.5 Å². The number of nitrogens with zero attached hydrogens (tertiary/aromatic N) is 1. The molecular weight excluding hydrogens is 300 g/mol. The van der Waals surface area contributed by atoms with Gasteiger partial charge in [0, 0.05) is 30.6 Å². The minimum absolute atomic E-state index is 0. The molecule has 3 nitrogen and oxygen atoms in total. The van der Waals surface area contributed by atoms with E-state index in [1.807, 2.05) is 11.8 Å². The summed E-state index contributed by atoms with van der Waals surface area (Å²) in [5, 5.41) is 5.50. The molecule has 0 aromatic carbocycles. The summed E-state index contributed by atoms with van der Waals surface area (Å²) in [5.74, 6) is 1.39. The minimum Gasteiger partial charge on any atom is -0.336 e. The highest BCUT2D eigenvalue weighted by Crippen LogP contribution is 2.40. The zero-order valence-electron chi connectivity index (χ0n) is 10.9. The number of amides is 1. The molecule has 0 aliphatic carbocycles. The molecule has 1 N–H and O–H groups in total. The second-order valence-electron chi connectivity index (χ2n) is 4.88. The first-order chi connectivity index (χ1) is 8.77. The number of aryl methyl sites for hydroxylation is 1. The number of fused-ring (bicyclic) bond motifs is 1. The van der Waals surface area contributed by atoms with Crippen LogP contribution in [-0.2, 0) is 11.2 Å². The maximum Gasteiger partial charge on any atom is 0.240 e. The lowest BCUT2D eigenvalue weighted by Gasteiger charge is -2.37. The highest BCUT2D eigenvalue weighted by atomic mass is 35.5. The summed E-state index contributed by atoms with van der Waals surface area (Å²) in [6, 6.07) is 2.46. The number of rotatable bonds is 1. The monoisotopic (exact) mass is 318 g/mol. The van der Waals surface area contributed by atoms with E-state index in [-0.39, 0.29) is 17.7 Å². The van der Waals surface area contributed by atoms with Crippen molar-refractivity contribution in [3.63, 3.8) is 0 Å². The molecule has 6 heteroatoms. The quantitative estimate of drug-likeness (QED) is 0.862. The van der Waals surface area contributed by atoms with E-state index in [0.29, 0.717) is 11.9 Å². The zero-order valence-corrected chi connectivity index (χ0v) is 13.4. The largest absolute Gasteiger partial charge is 0.336 e. The zero-order chi connectivity index (χ0) is 12.5. The van der Waals surface area contributed by atoms with Crippen LogP contribution in [0, 0.1) is 0 Å². The minimum atomic E-state index is 0. The van der Waals surface area contributed by atoms with E-state index in [0.717, 1.165) is 31.8 Å². The van der Waals surface area contributed by atoms with E-state index >= 15 is 0 Å². The topological polar surface area (TPSA) is 32.3 Å².